The van der Waals surface area contributed by atoms with Gasteiger partial charge in [0.2, 0.25) is 0 Å². The Bertz CT molecular complexity index is 689. The highest BCUT2D eigenvalue weighted by atomic mass is 32.2. The first-order valence-corrected chi connectivity index (χ1v) is 6.64. The number of nitrogens with two attached hydrogens (primary N) is 1. The van der Waals surface area contributed by atoms with Crippen molar-refractivity contribution >= 4 is 27.0 Å². The van der Waals surface area contributed by atoms with Crippen LogP contribution in [0.15, 0.2) is 42.5 Å². The van der Waals surface area contributed by atoms with E-state index in [0.717, 1.165) is 10.8 Å². The van der Waals surface area contributed by atoms with Gasteiger partial charge in [0.25, 0.3) is 0 Å². The van der Waals surface area contributed by atoms with Gasteiger partial charge in [0.1, 0.15) is 0 Å². The fraction of sp³-hybridized carbons (Fsp3) is 0.0833. The van der Waals surface area contributed by atoms with E-state index in [4.69, 9.17) is 0 Å². The molecule has 2 rings (SSSR count). The summed E-state index contributed by atoms with van der Waals surface area (Å²) in [4.78, 5) is 11.4. The van der Waals surface area contributed by atoms with E-state index in [1.165, 1.54) is 0 Å². The first kappa shape index (κ1) is 12.5. The van der Waals surface area contributed by atoms with E-state index >= 15 is 0 Å². The van der Waals surface area contributed by atoms with E-state index in [1.54, 1.807) is 12.1 Å². The van der Waals surface area contributed by atoms with Crippen molar-refractivity contribution in [1.82, 2.24) is 0 Å². The quantitative estimate of drug-likeness (QED) is 0.901. The van der Waals surface area contributed by atoms with Crippen molar-refractivity contribution < 1.29 is 17.4 Å². The average Bonchev–Trinajstić information content (AvgIpc) is 2.27. The largest absolute Gasteiger partial charge is 0.382 e. The minimum atomic E-state index is -4.25. The minimum absolute atomic E-state index is 0.141. The molecule has 0 fully saturated rings. The highest BCUT2D eigenvalue weighted by Crippen LogP contribution is 2.19. The molecule has 0 amide bonds. The molecule has 0 saturated carbocycles. The van der Waals surface area contributed by atoms with Crippen LogP contribution in [0.2, 0.25) is 0 Å². The highest BCUT2D eigenvalue weighted by Gasteiger charge is 2.13. The van der Waals surface area contributed by atoms with Gasteiger partial charge in [-0.3, -0.25) is 4.79 Å². The van der Waals surface area contributed by atoms with Gasteiger partial charge in [-0.15, -0.1) is 0 Å². The summed E-state index contributed by atoms with van der Waals surface area (Å²) in [5.74, 6) is -0.895. The molecule has 0 aromatic heterocycles. The molecule has 0 atom stereocenters. The maximum atomic E-state index is 11.4. The molecule has 6 heteroatoms. The summed E-state index contributed by atoms with van der Waals surface area (Å²) in [5, 5.41) is 6.48. The van der Waals surface area contributed by atoms with Gasteiger partial charge < -0.3 is 4.18 Å². The van der Waals surface area contributed by atoms with Gasteiger partial charge in [-0.25, -0.2) is 0 Å². The lowest BCUT2D eigenvalue weighted by Crippen LogP contribution is -2.21. The molecule has 94 valence electrons. The zero-order chi connectivity index (χ0) is 13.2. The normalized spacial score (nSPS) is 11.4. The van der Waals surface area contributed by atoms with Gasteiger partial charge in [0.05, 0.1) is 6.42 Å². The zero-order valence-electron chi connectivity index (χ0n) is 9.37. The monoisotopic (exact) mass is 265 g/mol. The zero-order valence-corrected chi connectivity index (χ0v) is 10.2. The molecule has 5 nitrogen and oxygen atoms in total. The first-order chi connectivity index (χ1) is 8.46. The fourth-order valence-electron chi connectivity index (χ4n) is 1.76. The SMILES string of the molecule is NS(=O)(=O)OC(=O)Cc1cccc2ccccc12. The third-order valence-corrected chi connectivity index (χ3v) is 2.84. The Balaban J connectivity index is 2.30. The van der Waals surface area contributed by atoms with Crippen molar-refractivity contribution in [3.8, 4) is 0 Å². The van der Waals surface area contributed by atoms with Crippen LogP contribution < -0.4 is 5.14 Å². The second-order valence-corrected chi connectivity index (χ2v) is 4.92. The van der Waals surface area contributed by atoms with Crippen molar-refractivity contribution in [1.29, 1.82) is 0 Å². The second kappa shape index (κ2) is 4.75. The number of carbonyl (C=O) groups is 1. The third-order valence-electron chi connectivity index (χ3n) is 2.42. The molecule has 0 aliphatic rings. The van der Waals surface area contributed by atoms with Crippen LogP contribution in [0.3, 0.4) is 0 Å². The smallest absolute Gasteiger partial charge is 0.334 e. The molecule has 0 saturated heterocycles. The van der Waals surface area contributed by atoms with Crippen molar-refractivity contribution in [2.45, 2.75) is 6.42 Å². The van der Waals surface area contributed by atoms with E-state index < -0.39 is 16.3 Å². The minimum Gasteiger partial charge on any atom is -0.334 e. The lowest BCUT2D eigenvalue weighted by atomic mass is 10.0. The molecule has 0 unspecified atom stereocenters. The summed E-state index contributed by atoms with van der Waals surface area (Å²) in [6.45, 7) is 0. The summed E-state index contributed by atoms with van der Waals surface area (Å²) < 4.78 is 25.4. The number of fused-ring (bicyclic) bond motifs is 1. The Morgan fingerprint density at radius 1 is 1.11 bits per heavy atom. The molecule has 0 spiro atoms. The van der Waals surface area contributed by atoms with Crippen LogP contribution in [0.4, 0.5) is 0 Å². The fourth-order valence-corrected chi connectivity index (χ4v) is 2.08. The Hall–Kier alpha value is -1.92. The molecule has 0 aliphatic heterocycles. The summed E-state index contributed by atoms with van der Waals surface area (Å²) >= 11 is 0. The van der Waals surface area contributed by atoms with Gasteiger partial charge in [0, 0.05) is 0 Å². The van der Waals surface area contributed by atoms with E-state index in [-0.39, 0.29) is 6.42 Å². The highest BCUT2D eigenvalue weighted by molar-refractivity contribution is 7.84. The van der Waals surface area contributed by atoms with Crippen LogP contribution in [0.5, 0.6) is 0 Å². The molecule has 2 aromatic carbocycles. The van der Waals surface area contributed by atoms with Gasteiger partial charge in [0.15, 0.2) is 0 Å². The number of carbonyl (C=O) groups excluding carboxylic acids is 1. The Kier molecular flexibility index (Phi) is 3.31. The Morgan fingerprint density at radius 2 is 1.78 bits per heavy atom. The summed E-state index contributed by atoms with van der Waals surface area (Å²) in [7, 11) is -4.25. The summed E-state index contributed by atoms with van der Waals surface area (Å²) in [6, 6.07) is 12.9. The standard InChI is InChI=1S/C12H11NO4S/c13-18(15,16)17-12(14)8-10-6-3-5-9-4-1-2-7-11(9)10/h1-7H,8H2,(H2,13,15,16). The van der Waals surface area contributed by atoms with Gasteiger partial charge in [-0.2, -0.15) is 13.6 Å². The number of hydrogen-bond donors (Lipinski definition) is 1. The first-order valence-electron chi connectivity index (χ1n) is 5.17. The van der Waals surface area contributed by atoms with Crippen LogP contribution >= 0.6 is 0 Å². The molecule has 2 N–H and O–H groups in total. The molecule has 2 aromatic rings. The van der Waals surface area contributed by atoms with Crippen LogP contribution in [-0.2, 0) is 25.7 Å². The lowest BCUT2D eigenvalue weighted by Gasteiger charge is -2.05. The second-order valence-electron chi connectivity index (χ2n) is 3.76. The van der Waals surface area contributed by atoms with Crippen LogP contribution in [0.1, 0.15) is 5.56 Å². The van der Waals surface area contributed by atoms with Crippen molar-refractivity contribution in [3.05, 3.63) is 48.0 Å². The molecular weight excluding hydrogens is 254 g/mol. The number of benzene rings is 2. The van der Waals surface area contributed by atoms with E-state index in [0.29, 0.717) is 5.56 Å². The van der Waals surface area contributed by atoms with Gasteiger partial charge >= 0.3 is 16.3 Å². The molecular formula is C12H11NO4S. The third kappa shape index (κ3) is 3.06. The van der Waals surface area contributed by atoms with E-state index in [1.807, 2.05) is 30.3 Å². The molecule has 0 bridgehead atoms. The summed E-state index contributed by atoms with van der Waals surface area (Å²) in [6.07, 6.45) is -0.141. The van der Waals surface area contributed by atoms with E-state index in [9.17, 15) is 13.2 Å². The summed E-state index contributed by atoms with van der Waals surface area (Å²) in [5.41, 5.74) is 0.696. The topological polar surface area (TPSA) is 86.5 Å². The van der Waals surface area contributed by atoms with Crippen molar-refractivity contribution in [3.63, 3.8) is 0 Å². The van der Waals surface area contributed by atoms with Gasteiger partial charge in [-0.1, -0.05) is 42.5 Å². The average molecular weight is 265 g/mol. The molecule has 0 heterocycles. The molecule has 0 radical (unpaired) electrons. The lowest BCUT2D eigenvalue weighted by molar-refractivity contribution is -0.133. The van der Waals surface area contributed by atoms with Crippen LogP contribution in [-0.4, -0.2) is 14.4 Å². The van der Waals surface area contributed by atoms with Crippen LogP contribution in [0.25, 0.3) is 10.8 Å². The van der Waals surface area contributed by atoms with Crippen molar-refractivity contribution in [2.75, 3.05) is 0 Å². The molecule has 18 heavy (non-hydrogen) atoms. The Labute approximate surface area is 104 Å². The predicted octanol–water partition coefficient (Wildman–Crippen LogP) is 1.13. The van der Waals surface area contributed by atoms with Crippen molar-refractivity contribution in [2.24, 2.45) is 5.14 Å². The number of rotatable bonds is 3. The van der Waals surface area contributed by atoms with Crippen LogP contribution in [0, 0.1) is 0 Å². The predicted molar refractivity (Wildman–Crippen MR) is 66.9 cm³/mol. The number of hydrogen-bond acceptors (Lipinski definition) is 4. The Morgan fingerprint density at radius 3 is 2.50 bits per heavy atom. The molecule has 0 aliphatic carbocycles. The van der Waals surface area contributed by atoms with Gasteiger partial charge in [-0.05, 0) is 16.3 Å². The maximum absolute atomic E-state index is 11.4. The van der Waals surface area contributed by atoms with E-state index in [2.05, 4.69) is 9.32 Å². The maximum Gasteiger partial charge on any atom is 0.382 e.